The highest BCUT2D eigenvalue weighted by Gasteiger charge is 2.08. The first-order chi connectivity index (χ1) is 10.2. The van der Waals surface area contributed by atoms with Gasteiger partial charge in [-0.05, 0) is 24.1 Å². The summed E-state index contributed by atoms with van der Waals surface area (Å²) in [6.45, 7) is 1.92. The van der Waals surface area contributed by atoms with E-state index in [1.807, 2.05) is 49.4 Å². The highest BCUT2D eigenvalue weighted by atomic mass is 16.5. The lowest BCUT2D eigenvalue weighted by Gasteiger charge is -2.11. The minimum atomic E-state index is 0.501. The molecule has 0 saturated carbocycles. The number of rotatable bonds is 3. The molecule has 3 rings (SSSR count). The van der Waals surface area contributed by atoms with Crippen LogP contribution in [0.4, 0.5) is 5.69 Å². The van der Waals surface area contributed by atoms with Crippen LogP contribution in [0.2, 0.25) is 0 Å². The predicted octanol–water partition coefficient (Wildman–Crippen LogP) is 4.43. The molecule has 0 spiro atoms. The number of pyridine rings is 1. The van der Waals surface area contributed by atoms with Crippen LogP contribution in [-0.2, 0) is 0 Å². The molecule has 1 heterocycles. The SMILES string of the molecule is Cc1cnc(Oc2ccccc2-c2ccccc2)cc1N. The number of nitrogen functional groups attached to an aromatic ring is 1. The molecule has 0 fully saturated rings. The van der Waals surface area contributed by atoms with Gasteiger partial charge in [0.25, 0.3) is 0 Å². The second-order valence-corrected chi connectivity index (χ2v) is 4.84. The van der Waals surface area contributed by atoms with Crippen molar-refractivity contribution >= 4 is 5.69 Å². The van der Waals surface area contributed by atoms with E-state index < -0.39 is 0 Å². The van der Waals surface area contributed by atoms with Gasteiger partial charge < -0.3 is 10.5 Å². The van der Waals surface area contributed by atoms with Crippen LogP contribution in [0.3, 0.4) is 0 Å². The van der Waals surface area contributed by atoms with Crippen LogP contribution < -0.4 is 10.5 Å². The summed E-state index contributed by atoms with van der Waals surface area (Å²) in [4.78, 5) is 4.27. The zero-order valence-corrected chi connectivity index (χ0v) is 11.8. The summed E-state index contributed by atoms with van der Waals surface area (Å²) < 4.78 is 5.91. The van der Waals surface area contributed by atoms with Crippen LogP contribution in [0.5, 0.6) is 11.6 Å². The Kier molecular flexibility index (Phi) is 3.56. The zero-order valence-electron chi connectivity index (χ0n) is 11.8. The molecule has 0 radical (unpaired) electrons. The maximum atomic E-state index is 5.91. The van der Waals surface area contributed by atoms with Crippen molar-refractivity contribution in [3.05, 3.63) is 72.4 Å². The van der Waals surface area contributed by atoms with Crippen LogP contribution in [0, 0.1) is 6.92 Å². The number of benzene rings is 2. The summed E-state index contributed by atoms with van der Waals surface area (Å²) in [5.41, 5.74) is 9.66. The molecule has 0 aliphatic rings. The number of aryl methyl sites for hydroxylation is 1. The quantitative estimate of drug-likeness (QED) is 0.769. The van der Waals surface area contributed by atoms with Gasteiger partial charge in [-0.3, -0.25) is 0 Å². The molecule has 2 aromatic carbocycles. The van der Waals surface area contributed by atoms with Crippen molar-refractivity contribution in [1.29, 1.82) is 0 Å². The number of nitrogens with zero attached hydrogens (tertiary/aromatic N) is 1. The molecular weight excluding hydrogens is 260 g/mol. The number of para-hydroxylation sites is 1. The van der Waals surface area contributed by atoms with E-state index in [1.54, 1.807) is 12.3 Å². The number of anilines is 1. The van der Waals surface area contributed by atoms with E-state index in [2.05, 4.69) is 17.1 Å². The van der Waals surface area contributed by atoms with Crippen LogP contribution in [0.25, 0.3) is 11.1 Å². The van der Waals surface area contributed by atoms with Crippen molar-refractivity contribution in [2.24, 2.45) is 0 Å². The normalized spacial score (nSPS) is 10.3. The fourth-order valence-electron chi connectivity index (χ4n) is 2.10. The molecule has 3 aromatic rings. The van der Waals surface area contributed by atoms with E-state index >= 15 is 0 Å². The lowest BCUT2D eigenvalue weighted by molar-refractivity contribution is 0.465. The lowest BCUT2D eigenvalue weighted by atomic mass is 10.1. The summed E-state index contributed by atoms with van der Waals surface area (Å²) in [6.07, 6.45) is 1.72. The topological polar surface area (TPSA) is 48.1 Å². The van der Waals surface area contributed by atoms with Crippen LogP contribution in [-0.4, -0.2) is 4.98 Å². The smallest absolute Gasteiger partial charge is 0.221 e. The Balaban J connectivity index is 1.98. The molecular formula is C18H16N2O. The van der Waals surface area contributed by atoms with E-state index in [9.17, 15) is 0 Å². The van der Waals surface area contributed by atoms with E-state index in [-0.39, 0.29) is 0 Å². The fourth-order valence-corrected chi connectivity index (χ4v) is 2.10. The molecule has 0 bridgehead atoms. The first-order valence-corrected chi connectivity index (χ1v) is 6.78. The predicted molar refractivity (Wildman–Crippen MR) is 85.3 cm³/mol. The second-order valence-electron chi connectivity index (χ2n) is 4.84. The average Bonchev–Trinajstić information content (AvgIpc) is 2.52. The Morgan fingerprint density at radius 2 is 1.67 bits per heavy atom. The van der Waals surface area contributed by atoms with Crippen LogP contribution in [0.1, 0.15) is 5.56 Å². The molecule has 21 heavy (non-hydrogen) atoms. The molecule has 104 valence electrons. The van der Waals surface area contributed by atoms with Gasteiger partial charge in [0.05, 0.1) is 0 Å². The number of hydrogen-bond acceptors (Lipinski definition) is 3. The summed E-state index contributed by atoms with van der Waals surface area (Å²) in [5, 5.41) is 0. The monoisotopic (exact) mass is 276 g/mol. The number of nitrogens with two attached hydrogens (primary N) is 1. The van der Waals surface area contributed by atoms with Gasteiger partial charge in [-0.1, -0.05) is 48.5 Å². The standard InChI is InChI=1S/C18H16N2O/c1-13-12-20-18(11-16(13)19)21-17-10-6-5-9-15(17)14-7-3-2-4-8-14/h2-12H,1H3,(H2,19,20). The largest absolute Gasteiger partial charge is 0.438 e. The highest BCUT2D eigenvalue weighted by molar-refractivity contribution is 5.70. The van der Waals surface area contributed by atoms with Gasteiger partial charge in [-0.15, -0.1) is 0 Å². The third-order valence-corrected chi connectivity index (χ3v) is 3.31. The maximum absolute atomic E-state index is 5.91. The van der Waals surface area contributed by atoms with Gasteiger partial charge in [0.15, 0.2) is 0 Å². The molecule has 0 aliphatic heterocycles. The summed E-state index contributed by atoms with van der Waals surface area (Å²) in [6, 6.07) is 19.8. The second kappa shape index (κ2) is 5.67. The Hall–Kier alpha value is -2.81. The number of ether oxygens (including phenoxy) is 1. The van der Waals surface area contributed by atoms with Gasteiger partial charge in [-0.25, -0.2) is 4.98 Å². The summed E-state index contributed by atoms with van der Waals surface area (Å²) in [7, 11) is 0. The fraction of sp³-hybridized carbons (Fsp3) is 0.0556. The van der Waals surface area contributed by atoms with Gasteiger partial charge in [0.1, 0.15) is 5.75 Å². The van der Waals surface area contributed by atoms with E-state index in [0.717, 1.165) is 22.4 Å². The molecule has 0 unspecified atom stereocenters. The summed E-state index contributed by atoms with van der Waals surface area (Å²) >= 11 is 0. The first-order valence-electron chi connectivity index (χ1n) is 6.78. The van der Waals surface area contributed by atoms with E-state index in [1.165, 1.54) is 0 Å². The van der Waals surface area contributed by atoms with Gasteiger partial charge in [0, 0.05) is 23.5 Å². The molecule has 3 nitrogen and oxygen atoms in total. The Morgan fingerprint density at radius 1 is 0.952 bits per heavy atom. The molecule has 0 saturated heterocycles. The maximum Gasteiger partial charge on any atom is 0.221 e. The minimum absolute atomic E-state index is 0.501. The van der Waals surface area contributed by atoms with Crippen LogP contribution >= 0.6 is 0 Å². The van der Waals surface area contributed by atoms with Crippen molar-refractivity contribution in [2.75, 3.05) is 5.73 Å². The van der Waals surface area contributed by atoms with Gasteiger partial charge in [-0.2, -0.15) is 0 Å². The molecule has 1 aromatic heterocycles. The molecule has 0 aliphatic carbocycles. The van der Waals surface area contributed by atoms with Crippen molar-refractivity contribution in [3.8, 4) is 22.8 Å². The number of aromatic nitrogens is 1. The van der Waals surface area contributed by atoms with E-state index in [4.69, 9.17) is 10.5 Å². The van der Waals surface area contributed by atoms with Gasteiger partial charge >= 0.3 is 0 Å². The zero-order chi connectivity index (χ0) is 14.7. The first kappa shape index (κ1) is 13.2. The molecule has 2 N–H and O–H groups in total. The van der Waals surface area contributed by atoms with Crippen molar-refractivity contribution in [3.63, 3.8) is 0 Å². The van der Waals surface area contributed by atoms with Crippen molar-refractivity contribution in [2.45, 2.75) is 6.92 Å². The summed E-state index contributed by atoms with van der Waals surface area (Å²) in [5.74, 6) is 1.26. The minimum Gasteiger partial charge on any atom is -0.438 e. The Labute approximate surface area is 124 Å². The van der Waals surface area contributed by atoms with Crippen molar-refractivity contribution in [1.82, 2.24) is 4.98 Å². The van der Waals surface area contributed by atoms with Crippen molar-refractivity contribution < 1.29 is 4.74 Å². The Bertz CT molecular complexity index is 754. The number of hydrogen-bond donors (Lipinski definition) is 1. The lowest BCUT2D eigenvalue weighted by Crippen LogP contribution is -1.95. The van der Waals surface area contributed by atoms with Gasteiger partial charge in [0.2, 0.25) is 5.88 Å². The third-order valence-electron chi connectivity index (χ3n) is 3.31. The molecule has 0 amide bonds. The average molecular weight is 276 g/mol. The Morgan fingerprint density at radius 3 is 2.43 bits per heavy atom. The molecule has 0 atom stereocenters. The highest BCUT2D eigenvalue weighted by Crippen LogP contribution is 2.32. The third kappa shape index (κ3) is 2.87. The van der Waals surface area contributed by atoms with E-state index in [0.29, 0.717) is 11.6 Å². The molecule has 3 heteroatoms. The van der Waals surface area contributed by atoms with Crippen LogP contribution in [0.15, 0.2) is 66.9 Å².